The molecule has 7 nitrogen and oxygen atoms in total. The minimum atomic E-state index is -5.08. The normalized spacial score (nSPS) is 13.9. The number of methoxy groups -OCH3 is 1. The summed E-state index contributed by atoms with van der Waals surface area (Å²) >= 11 is 1.58. The van der Waals surface area contributed by atoms with E-state index in [1.165, 1.54) is 10.4 Å². The molecule has 0 radical (unpaired) electrons. The van der Waals surface area contributed by atoms with Crippen molar-refractivity contribution in [1.29, 1.82) is 0 Å². The lowest BCUT2D eigenvalue weighted by atomic mass is 10.2. The zero-order chi connectivity index (χ0) is 24.6. The van der Waals surface area contributed by atoms with E-state index in [1.807, 2.05) is 30.9 Å². The van der Waals surface area contributed by atoms with Gasteiger partial charge < -0.3 is 14.7 Å². The van der Waals surface area contributed by atoms with Crippen molar-refractivity contribution in [2.75, 3.05) is 33.3 Å². The highest BCUT2D eigenvalue weighted by atomic mass is 32.1. The smallest absolute Gasteiger partial charge is 0.490 e. The van der Waals surface area contributed by atoms with Crippen molar-refractivity contribution >= 4 is 23.2 Å². The standard InChI is InChI=1S/C20H27N3O2S.C2HF3O2/c1-4-23(5-2)20(24)19-21-17-9-11-22(12-10-18(17)26-19)14-15-7-6-8-16(13-15)25-3;3-2(4,5)1(6)7/h6-8,13H,4-5,9-12,14H2,1-3H3;(H,6,7). The van der Waals surface area contributed by atoms with E-state index in [-0.39, 0.29) is 5.91 Å². The second-order valence-corrected chi connectivity index (χ2v) is 8.38. The third-order valence-corrected chi connectivity index (χ3v) is 6.26. The van der Waals surface area contributed by atoms with Crippen LogP contribution in [0.2, 0.25) is 0 Å². The van der Waals surface area contributed by atoms with E-state index in [0.717, 1.165) is 57.0 Å². The van der Waals surface area contributed by atoms with Crippen LogP contribution in [0.5, 0.6) is 5.75 Å². The Morgan fingerprint density at radius 2 is 1.85 bits per heavy atom. The molecule has 1 aromatic carbocycles. The fourth-order valence-electron chi connectivity index (χ4n) is 3.33. The van der Waals surface area contributed by atoms with E-state index in [9.17, 15) is 18.0 Å². The van der Waals surface area contributed by atoms with Gasteiger partial charge in [-0.2, -0.15) is 13.2 Å². The van der Waals surface area contributed by atoms with Gasteiger partial charge in [0.05, 0.1) is 12.8 Å². The maximum atomic E-state index is 12.5. The molecule has 0 aliphatic carbocycles. The van der Waals surface area contributed by atoms with Gasteiger partial charge in [-0.05, 0) is 38.0 Å². The molecule has 0 bridgehead atoms. The average molecular weight is 488 g/mol. The Hall–Kier alpha value is -2.66. The lowest BCUT2D eigenvalue weighted by molar-refractivity contribution is -0.192. The Bertz CT molecular complexity index is 920. The molecule has 0 atom stereocenters. The molecular formula is C22H28F3N3O4S. The summed E-state index contributed by atoms with van der Waals surface area (Å²) in [6.45, 7) is 8.35. The number of nitrogens with zero attached hydrogens (tertiary/aromatic N) is 3. The zero-order valence-corrected chi connectivity index (χ0v) is 19.6. The van der Waals surface area contributed by atoms with E-state index in [2.05, 4.69) is 22.0 Å². The van der Waals surface area contributed by atoms with Crippen molar-refractivity contribution in [2.24, 2.45) is 0 Å². The Labute approximate surface area is 194 Å². The summed E-state index contributed by atoms with van der Waals surface area (Å²) in [4.78, 5) is 31.7. The first kappa shape index (κ1) is 26.6. The minimum absolute atomic E-state index is 0.0707. The van der Waals surface area contributed by atoms with Crippen molar-refractivity contribution in [3.63, 3.8) is 0 Å². The van der Waals surface area contributed by atoms with Gasteiger partial charge >= 0.3 is 12.1 Å². The third kappa shape index (κ3) is 7.71. The van der Waals surface area contributed by atoms with Crippen LogP contribution in [0, 0.1) is 0 Å². The second kappa shape index (κ2) is 12.0. The molecule has 0 unspecified atom stereocenters. The summed E-state index contributed by atoms with van der Waals surface area (Å²) in [7, 11) is 1.70. The van der Waals surface area contributed by atoms with Gasteiger partial charge in [-0.25, -0.2) is 9.78 Å². The molecule has 3 rings (SSSR count). The summed E-state index contributed by atoms with van der Waals surface area (Å²) in [6, 6.07) is 8.25. The van der Waals surface area contributed by atoms with Gasteiger partial charge in [0.25, 0.3) is 5.91 Å². The van der Waals surface area contributed by atoms with Crippen LogP contribution in [0.1, 0.15) is 39.8 Å². The topological polar surface area (TPSA) is 83.0 Å². The number of rotatable bonds is 6. The molecule has 1 aliphatic heterocycles. The highest BCUT2D eigenvalue weighted by Crippen LogP contribution is 2.25. The van der Waals surface area contributed by atoms with E-state index in [0.29, 0.717) is 5.01 Å². The maximum absolute atomic E-state index is 12.5. The van der Waals surface area contributed by atoms with Crippen LogP contribution in [0.15, 0.2) is 24.3 Å². The first-order chi connectivity index (χ1) is 15.6. The molecule has 0 saturated heterocycles. The molecule has 11 heteroatoms. The van der Waals surface area contributed by atoms with Gasteiger partial charge in [-0.15, -0.1) is 11.3 Å². The monoisotopic (exact) mass is 487 g/mol. The van der Waals surface area contributed by atoms with Crippen LogP contribution < -0.4 is 4.74 Å². The number of carbonyl (C=O) groups excluding carboxylic acids is 1. The molecular weight excluding hydrogens is 459 g/mol. The van der Waals surface area contributed by atoms with Crippen LogP contribution in [0.3, 0.4) is 0 Å². The van der Waals surface area contributed by atoms with Crippen LogP contribution in [0.25, 0.3) is 0 Å². The van der Waals surface area contributed by atoms with Crippen molar-refractivity contribution in [3.8, 4) is 5.75 Å². The number of fused-ring (bicyclic) bond motifs is 1. The first-order valence-electron chi connectivity index (χ1n) is 10.5. The van der Waals surface area contributed by atoms with E-state index in [1.54, 1.807) is 18.4 Å². The largest absolute Gasteiger partial charge is 0.497 e. The molecule has 0 spiro atoms. The summed E-state index contributed by atoms with van der Waals surface area (Å²) in [5.74, 6) is -1.79. The molecule has 2 heterocycles. The number of halogens is 3. The van der Waals surface area contributed by atoms with Crippen molar-refractivity contribution < 1.29 is 32.6 Å². The highest BCUT2D eigenvalue weighted by Gasteiger charge is 2.38. The van der Waals surface area contributed by atoms with Crippen molar-refractivity contribution in [2.45, 2.75) is 39.4 Å². The molecule has 0 saturated carbocycles. The van der Waals surface area contributed by atoms with E-state index < -0.39 is 12.1 Å². The van der Waals surface area contributed by atoms with Gasteiger partial charge in [0.2, 0.25) is 0 Å². The number of aliphatic carboxylic acids is 1. The fraction of sp³-hybridized carbons (Fsp3) is 0.500. The number of ether oxygens (including phenoxy) is 1. The van der Waals surface area contributed by atoms with Crippen molar-refractivity contribution in [3.05, 3.63) is 45.4 Å². The fourth-order valence-corrected chi connectivity index (χ4v) is 4.40. The number of thiazole rings is 1. The van der Waals surface area contributed by atoms with Gasteiger partial charge in [-0.1, -0.05) is 12.1 Å². The number of amides is 1. The lowest BCUT2D eigenvalue weighted by Gasteiger charge is -2.20. The summed E-state index contributed by atoms with van der Waals surface area (Å²) < 4.78 is 37.1. The Morgan fingerprint density at radius 1 is 1.21 bits per heavy atom. The highest BCUT2D eigenvalue weighted by molar-refractivity contribution is 7.13. The number of aromatic nitrogens is 1. The number of benzene rings is 1. The van der Waals surface area contributed by atoms with Crippen LogP contribution >= 0.6 is 11.3 Å². The number of hydrogen-bond acceptors (Lipinski definition) is 6. The number of carboxylic acid groups (broad SMARTS) is 1. The van der Waals surface area contributed by atoms with E-state index in [4.69, 9.17) is 14.6 Å². The lowest BCUT2D eigenvalue weighted by Crippen LogP contribution is -2.30. The predicted octanol–water partition coefficient (Wildman–Crippen LogP) is 3.87. The summed E-state index contributed by atoms with van der Waals surface area (Å²) in [5.41, 5.74) is 2.37. The van der Waals surface area contributed by atoms with E-state index >= 15 is 0 Å². The molecule has 0 fully saturated rings. The van der Waals surface area contributed by atoms with Gasteiger partial charge in [0.15, 0.2) is 5.01 Å². The van der Waals surface area contributed by atoms with Crippen LogP contribution in [-0.2, 0) is 24.2 Å². The summed E-state index contributed by atoms with van der Waals surface area (Å²) in [6.07, 6.45) is -3.22. The second-order valence-electron chi connectivity index (χ2n) is 7.30. The number of alkyl halides is 3. The summed E-state index contributed by atoms with van der Waals surface area (Å²) in [5, 5.41) is 7.78. The molecule has 1 aromatic heterocycles. The SMILES string of the molecule is CCN(CC)C(=O)c1nc2c(s1)CCN(Cc1cccc(OC)c1)CC2.O=C(O)C(F)(F)F. The molecule has 1 amide bonds. The molecule has 33 heavy (non-hydrogen) atoms. The maximum Gasteiger partial charge on any atom is 0.490 e. The van der Waals surface area contributed by atoms with Crippen LogP contribution in [0.4, 0.5) is 13.2 Å². The Balaban J connectivity index is 0.000000479. The first-order valence-corrected chi connectivity index (χ1v) is 11.3. The van der Waals surface area contributed by atoms with Crippen molar-refractivity contribution in [1.82, 2.24) is 14.8 Å². The number of carboxylic acids is 1. The Morgan fingerprint density at radius 3 is 2.42 bits per heavy atom. The number of carbonyl (C=O) groups is 2. The van der Waals surface area contributed by atoms with Crippen LogP contribution in [-0.4, -0.2) is 71.2 Å². The third-order valence-electron chi connectivity index (χ3n) is 5.11. The minimum Gasteiger partial charge on any atom is -0.497 e. The predicted molar refractivity (Wildman–Crippen MR) is 119 cm³/mol. The average Bonchev–Trinajstić information content (AvgIpc) is 3.10. The zero-order valence-electron chi connectivity index (χ0n) is 18.8. The van der Waals surface area contributed by atoms with Gasteiger partial charge in [0, 0.05) is 44.0 Å². The molecule has 182 valence electrons. The van der Waals surface area contributed by atoms with Gasteiger partial charge in [0.1, 0.15) is 5.75 Å². The Kier molecular flexibility index (Phi) is 9.66. The number of hydrogen-bond donors (Lipinski definition) is 1. The quantitative estimate of drug-likeness (QED) is 0.666. The van der Waals surface area contributed by atoms with Gasteiger partial charge in [-0.3, -0.25) is 9.69 Å². The molecule has 1 N–H and O–H groups in total. The molecule has 1 aliphatic rings. The molecule has 2 aromatic rings.